The number of carbonyl (C=O) groups is 3. The Labute approximate surface area is 143 Å². The van der Waals surface area contributed by atoms with Gasteiger partial charge in [-0.25, -0.2) is 9.59 Å². The van der Waals surface area contributed by atoms with E-state index in [4.69, 9.17) is 4.74 Å². The number of Topliss-reactive ketones (excluding diaryl/α,β-unsaturated/α-hetero) is 1. The van der Waals surface area contributed by atoms with Crippen molar-refractivity contribution >= 4 is 17.8 Å². The summed E-state index contributed by atoms with van der Waals surface area (Å²) < 4.78 is 9.66. The molecule has 1 atom stereocenters. The van der Waals surface area contributed by atoms with Gasteiger partial charge in [0.2, 0.25) is 0 Å². The highest BCUT2D eigenvalue weighted by Crippen LogP contribution is 2.10. The molecule has 1 unspecified atom stereocenters. The van der Waals surface area contributed by atoms with Gasteiger partial charge in [-0.15, -0.1) is 0 Å². The van der Waals surface area contributed by atoms with Gasteiger partial charge in [-0.05, 0) is 25.5 Å². The lowest BCUT2D eigenvalue weighted by Gasteiger charge is -2.17. The zero-order valence-electron chi connectivity index (χ0n) is 14.8. The number of esters is 1. The third kappa shape index (κ3) is 8.47. The van der Waals surface area contributed by atoms with Crippen molar-refractivity contribution < 1.29 is 23.9 Å². The van der Waals surface area contributed by atoms with Crippen molar-refractivity contribution in [2.45, 2.75) is 39.2 Å². The highest BCUT2D eigenvalue weighted by Gasteiger charge is 2.26. The fraction of sp³-hybridized carbons (Fsp3) is 0.588. The number of hydrogen-bond acceptors (Lipinski definition) is 6. The van der Waals surface area contributed by atoms with Gasteiger partial charge in [0.1, 0.15) is 18.4 Å². The molecule has 1 rings (SSSR count). The van der Waals surface area contributed by atoms with E-state index in [1.807, 2.05) is 18.2 Å². The summed E-state index contributed by atoms with van der Waals surface area (Å²) in [5.74, 6) is -1.01. The predicted octanol–water partition coefficient (Wildman–Crippen LogP) is 1.72. The first-order valence-electron chi connectivity index (χ1n) is 7.91. The fourth-order valence-corrected chi connectivity index (χ4v) is 1.88. The van der Waals surface area contributed by atoms with Crippen LogP contribution in [-0.2, 0) is 19.1 Å². The molecule has 7 heteroatoms. The smallest absolute Gasteiger partial charge is 0.408 e. The lowest BCUT2D eigenvalue weighted by atomic mass is 10.0. The largest absolute Gasteiger partial charge is 0.467 e. The molecule has 0 bridgehead atoms. The molecule has 1 aliphatic carbocycles. The summed E-state index contributed by atoms with van der Waals surface area (Å²) >= 11 is 0. The van der Waals surface area contributed by atoms with Crippen molar-refractivity contribution in [1.82, 2.24) is 5.32 Å². The van der Waals surface area contributed by atoms with Crippen LogP contribution in [0.25, 0.3) is 0 Å². The van der Waals surface area contributed by atoms with Crippen molar-refractivity contribution in [2.75, 3.05) is 20.8 Å². The third-order valence-corrected chi connectivity index (χ3v) is 3.27. The Kier molecular flexibility index (Phi) is 11.2. The molecular formula is C17H28N2O5. The molecule has 0 saturated heterocycles. The summed E-state index contributed by atoms with van der Waals surface area (Å²) in [6.45, 7) is 3.60. The maximum atomic E-state index is 11.8. The average molecular weight is 340 g/mol. The molecule has 0 aromatic carbocycles. The van der Waals surface area contributed by atoms with Gasteiger partial charge in [0.25, 0.3) is 0 Å². The van der Waals surface area contributed by atoms with Crippen molar-refractivity contribution in [1.29, 1.82) is 0 Å². The maximum absolute atomic E-state index is 11.8. The van der Waals surface area contributed by atoms with Crippen molar-refractivity contribution in [3.63, 3.8) is 0 Å². The first-order valence-corrected chi connectivity index (χ1v) is 7.91. The molecule has 7 nitrogen and oxygen atoms in total. The normalized spacial score (nSPS) is 14.0. The molecule has 0 spiro atoms. The van der Waals surface area contributed by atoms with E-state index in [1.165, 1.54) is 14.2 Å². The summed E-state index contributed by atoms with van der Waals surface area (Å²) in [5, 5.41) is 2.39. The molecule has 1 amide bonds. The molecule has 0 radical (unpaired) electrons. The van der Waals surface area contributed by atoms with Gasteiger partial charge in [-0.2, -0.15) is 0 Å². The molecule has 1 aliphatic rings. The third-order valence-electron chi connectivity index (χ3n) is 3.27. The lowest BCUT2D eigenvalue weighted by Crippen LogP contribution is -2.43. The standard InChI is InChI=1S/C16H23NO5.CH5N/c1-11(2)14(18)9-13(15(19)21-3)17-16(20)22-10-12-7-5-4-6-8-12;1-2/h5,7-8,11,13H,4,6,9-10H2,1-3H3,(H,17,20);2H2,1H3. The van der Waals surface area contributed by atoms with Crippen LogP contribution in [0.5, 0.6) is 0 Å². The summed E-state index contributed by atoms with van der Waals surface area (Å²) in [6.07, 6.45) is 6.95. The van der Waals surface area contributed by atoms with Crippen LogP contribution in [0.15, 0.2) is 23.8 Å². The molecule has 0 saturated carbocycles. The Morgan fingerprint density at radius 2 is 1.92 bits per heavy atom. The van der Waals surface area contributed by atoms with E-state index in [2.05, 4.69) is 15.8 Å². The molecule has 0 aromatic rings. The van der Waals surface area contributed by atoms with Crippen LogP contribution in [0.3, 0.4) is 0 Å². The van der Waals surface area contributed by atoms with Crippen molar-refractivity contribution in [3.8, 4) is 0 Å². The number of hydrogen-bond donors (Lipinski definition) is 2. The van der Waals surface area contributed by atoms with Gasteiger partial charge < -0.3 is 20.5 Å². The molecule has 24 heavy (non-hydrogen) atoms. The van der Waals surface area contributed by atoms with Crippen LogP contribution >= 0.6 is 0 Å². The van der Waals surface area contributed by atoms with Crippen LogP contribution in [0, 0.1) is 5.92 Å². The van der Waals surface area contributed by atoms with E-state index in [-0.39, 0.29) is 24.7 Å². The highest BCUT2D eigenvalue weighted by atomic mass is 16.6. The minimum atomic E-state index is -1.02. The Balaban J connectivity index is 0.00000254. The zero-order valence-corrected chi connectivity index (χ0v) is 14.8. The number of rotatable bonds is 7. The van der Waals surface area contributed by atoms with Gasteiger partial charge in [0.15, 0.2) is 0 Å². The topological polar surface area (TPSA) is 108 Å². The van der Waals surface area contributed by atoms with E-state index in [0.29, 0.717) is 0 Å². The van der Waals surface area contributed by atoms with Crippen LogP contribution in [0.1, 0.15) is 33.1 Å². The number of nitrogens with two attached hydrogens (primary N) is 1. The number of allylic oxidation sites excluding steroid dienone is 2. The molecule has 0 heterocycles. The molecule has 0 aliphatic heterocycles. The van der Waals surface area contributed by atoms with Crippen LogP contribution in [0.4, 0.5) is 4.79 Å². The van der Waals surface area contributed by atoms with Crippen molar-refractivity contribution in [3.05, 3.63) is 23.8 Å². The van der Waals surface area contributed by atoms with E-state index in [1.54, 1.807) is 13.8 Å². The van der Waals surface area contributed by atoms with E-state index in [9.17, 15) is 14.4 Å². The van der Waals surface area contributed by atoms with Gasteiger partial charge in [-0.1, -0.05) is 32.1 Å². The van der Waals surface area contributed by atoms with Gasteiger partial charge in [0.05, 0.1) is 7.11 Å². The Morgan fingerprint density at radius 1 is 1.25 bits per heavy atom. The number of ketones is 1. The summed E-state index contributed by atoms with van der Waals surface area (Å²) in [5.41, 5.74) is 5.41. The summed E-state index contributed by atoms with van der Waals surface area (Å²) in [7, 11) is 2.71. The number of alkyl carbamates (subject to hydrolysis) is 1. The summed E-state index contributed by atoms with van der Waals surface area (Å²) in [6, 6.07) is -1.02. The maximum Gasteiger partial charge on any atom is 0.408 e. The van der Waals surface area contributed by atoms with Gasteiger partial charge in [-0.3, -0.25) is 4.79 Å². The van der Waals surface area contributed by atoms with E-state index >= 15 is 0 Å². The predicted molar refractivity (Wildman–Crippen MR) is 91.3 cm³/mol. The SMILES string of the molecule is CN.COC(=O)C(CC(=O)C(C)C)NC(=O)OCC1=CCCC=C1. The molecular weight excluding hydrogens is 312 g/mol. The van der Waals surface area contributed by atoms with Crippen LogP contribution < -0.4 is 11.1 Å². The molecule has 0 aromatic heterocycles. The fourth-order valence-electron chi connectivity index (χ4n) is 1.88. The number of nitrogens with one attached hydrogen (secondary N) is 1. The van der Waals surface area contributed by atoms with Crippen molar-refractivity contribution in [2.24, 2.45) is 11.7 Å². The quantitative estimate of drug-likeness (QED) is 0.683. The summed E-state index contributed by atoms with van der Waals surface area (Å²) in [4.78, 5) is 35.2. The Morgan fingerprint density at radius 3 is 2.42 bits per heavy atom. The second-order valence-corrected chi connectivity index (χ2v) is 5.38. The zero-order chi connectivity index (χ0) is 18.5. The van der Waals surface area contributed by atoms with E-state index in [0.717, 1.165) is 18.4 Å². The first-order chi connectivity index (χ1) is 11.4. The second kappa shape index (κ2) is 12.3. The van der Waals surface area contributed by atoms with Gasteiger partial charge >= 0.3 is 12.1 Å². The molecule has 136 valence electrons. The minimum Gasteiger partial charge on any atom is -0.467 e. The minimum absolute atomic E-state index is 0.109. The monoisotopic (exact) mass is 340 g/mol. The first kappa shape index (κ1) is 21.9. The van der Waals surface area contributed by atoms with Crippen LogP contribution in [-0.4, -0.2) is 44.7 Å². The molecule has 3 N–H and O–H groups in total. The van der Waals surface area contributed by atoms with E-state index < -0.39 is 18.1 Å². The van der Waals surface area contributed by atoms with Gasteiger partial charge in [0, 0.05) is 12.3 Å². The second-order valence-electron chi connectivity index (χ2n) is 5.38. The number of ether oxygens (including phenoxy) is 2. The lowest BCUT2D eigenvalue weighted by molar-refractivity contribution is -0.144. The number of carbonyl (C=O) groups excluding carboxylic acids is 3. The Hall–Kier alpha value is -2.15. The highest BCUT2D eigenvalue weighted by molar-refractivity contribution is 5.89. The number of methoxy groups -OCH3 is 1. The molecule has 0 fully saturated rings. The number of amides is 1. The Bertz CT molecular complexity index is 483. The average Bonchev–Trinajstić information content (AvgIpc) is 2.61. The van der Waals surface area contributed by atoms with Crippen LogP contribution in [0.2, 0.25) is 0 Å².